The van der Waals surface area contributed by atoms with Crippen molar-refractivity contribution in [3.05, 3.63) is 23.0 Å². The van der Waals surface area contributed by atoms with Gasteiger partial charge in [0, 0.05) is 18.3 Å². The minimum atomic E-state index is -0.372. The lowest BCUT2D eigenvalue weighted by molar-refractivity contribution is -0.143. The molecule has 0 aromatic carbocycles. The molecule has 1 N–H and O–H groups in total. The van der Waals surface area contributed by atoms with E-state index < -0.39 is 0 Å². The SMILES string of the molecule is CCOC1=CC2=C(C)C[C@@H]3[C@H]([C@@H](O)C[C@]4(C)C(=O)CC[C@@H]34)[C@@]2(C)CC1. The molecule has 0 heterocycles. The van der Waals surface area contributed by atoms with Crippen molar-refractivity contribution in [3.63, 3.8) is 0 Å². The Bertz CT molecular complexity index is 660. The van der Waals surface area contributed by atoms with E-state index in [2.05, 4.69) is 26.8 Å². The van der Waals surface area contributed by atoms with Gasteiger partial charge in [-0.2, -0.15) is 0 Å². The molecule has 0 aromatic heterocycles. The third kappa shape index (κ3) is 2.31. The Balaban J connectivity index is 1.77. The lowest BCUT2D eigenvalue weighted by Gasteiger charge is -2.58. The Hall–Kier alpha value is -1.09. The van der Waals surface area contributed by atoms with Gasteiger partial charge in [0.1, 0.15) is 5.78 Å². The van der Waals surface area contributed by atoms with E-state index in [9.17, 15) is 9.90 Å². The number of aliphatic hydroxyl groups is 1. The summed E-state index contributed by atoms with van der Waals surface area (Å²) in [5, 5.41) is 11.2. The fourth-order valence-electron chi connectivity index (χ4n) is 6.95. The normalized spacial score (nSPS) is 46.3. The number of carbonyl (C=O) groups is 1. The molecule has 0 bridgehead atoms. The molecule has 4 aliphatic carbocycles. The van der Waals surface area contributed by atoms with Gasteiger partial charge in [-0.3, -0.25) is 4.79 Å². The number of Topliss-reactive ketones (excluding diaryl/α,β-unsaturated/α-hetero) is 1. The molecule has 0 aromatic rings. The van der Waals surface area contributed by atoms with Crippen LogP contribution in [0, 0.1) is 28.6 Å². The Kier molecular flexibility index (Phi) is 3.95. The van der Waals surface area contributed by atoms with E-state index in [4.69, 9.17) is 4.74 Å². The molecule has 3 nitrogen and oxygen atoms in total. The average Bonchev–Trinajstić information content (AvgIpc) is 2.84. The maximum atomic E-state index is 12.6. The minimum absolute atomic E-state index is 0.0139. The van der Waals surface area contributed by atoms with Gasteiger partial charge < -0.3 is 9.84 Å². The van der Waals surface area contributed by atoms with Gasteiger partial charge in [0.2, 0.25) is 0 Å². The second-order valence-corrected chi connectivity index (χ2v) is 9.31. The summed E-state index contributed by atoms with van der Waals surface area (Å²) in [5.41, 5.74) is 2.56. The van der Waals surface area contributed by atoms with Gasteiger partial charge in [0.25, 0.3) is 0 Å². The predicted molar refractivity (Wildman–Crippen MR) is 97.8 cm³/mol. The van der Waals surface area contributed by atoms with Crippen molar-refractivity contribution in [2.45, 2.75) is 72.3 Å². The van der Waals surface area contributed by atoms with Crippen molar-refractivity contribution < 1.29 is 14.6 Å². The van der Waals surface area contributed by atoms with Crippen molar-refractivity contribution in [2.24, 2.45) is 28.6 Å². The van der Waals surface area contributed by atoms with Crippen LogP contribution in [0.15, 0.2) is 23.0 Å². The second-order valence-electron chi connectivity index (χ2n) is 9.31. The highest BCUT2D eigenvalue weighted by molar-refractivity contribution is 5.87. The lowest BCUT2D eigenvalue weighted by atomic mass is 9.47. The summed E-state index contributed by atoms with van der Waals surface area (Å²) >= 11 is 0. The molecule has 2 fully saturated rings. The van der Waals surface area contributed by atoms with Gasteiger partial charge in [-0.05, 0) is 74.3 Å². The van der Waals surface area contributed by atoms with Crippen LogP contribution in [0.5, 0.6) is 0 Å². The van der Waals surface area contributed by atoms with Gasteiger partial charge in [0.15, 0.2) is 0 Å². The Labute approximate surface area is 151 Å². The number of hydrogen-bond acceptors (Lipinski definition) is 3. The highest BCUT2D eigenvalue weighted by Gasteiger charge is 2.61. The first-order chi connectivity index (χ1) is 11.8. The molecule has 0 amide bonds. The van der Waals surface area contributed by atoms with E-state index in [1.165, 1.54) is 11.1 Å². The molecule has 138 valence electrons. The zero-order chi connectivity index (χ0) is 18.0. The maximum Gasteiger partial charge on any atom is 0.139 e. The highest BCUT2D eigenvalue weighted by Crippen LogP contribution is 2.64. The molecule has 6 atom stereocenters. The highest BCUT2D eigenvalue weighted by atomic mass is 16.5. The third-order valence-electron chi connectivity index (χ3n) is 8.04. The molecule has 25 heavy (non-hydrogen) atoms. The number of allylic oxidation sites excluding steroid dienone is 4. The first-order valence-electron chi connectivity index (χ1n) is 10.1. The number of rotatable bonds is 2. The van der Waals surface area contributed by atoms with Gasteiger partial charge in [-0.1, -0.05) is 19.4 Å². The number of ether oxygens (including phenoxy) is 1. The monoisotopic (exact) mass is 344 g/mol. The minimum Gasteiger partial charge on any atom is -0.498 e. The summed E-state index contributed by atoms with van der Waals surface area (Å²) in [6.45, 7) is 9.48. The molecular formula is C22H32O3. The van der Waals surface area contributed by atoms with Gasteiger partial charge >= 0.3 is 0 Å². The molecule has 0 spiro atoms. The summed E-state index contributed by atoms with van der Waals surface area (Å²) in [4.78, 5) is 12.6. The fraction of sp³-hybridized carbons (Fsp3) is 0.773. The maximum absolute atomic E-state index is 12.6. The van der Waals surface area contributed by atoms with Gasteiger partial charge in [0.05, 0.1) is 18.5 Å². The summed E-state index contributed by atoms with van der Waals surface area (Å²) in [6.07, 6.45) is 7.29. The predicted octanol–water partition coefficient (Wildman–Crippen LogP) is 4.41. The molecule has 0 unspecified atom stereocenters. The first-order valence-corrected chi connectivity index (χ1v) is 10.1. The van der Waals surface area contributed by atoms with Crippen LogP contribution in [0.25, 0.3) is 0 Å². The standard InChI is InChI=1S/C22H32O3/c1-5-25-14-8-9-21(3)17(11-14)13(2)10-15-16-6-7-19(24)22(16,4)12-18(23)20(15)21/h11,15-16,18,20,23H,5-10,12H2,1-4H3/t15-,16-,18-,20+,21-,22-/m0/s1. The van der Waals surface area contributed by atoms with E-state index in [0.29, 0.717) is 37.1 Å². The van der Waals surface area contributed by atoms with Crippen molar-refractivity contribution in [1.82, 2.24) is 0 Å². The van der Waals surface area contributed by atoms with E-state index >= 15 is 0 Å². The Morgan fingerprint density at radius 2 is 2.04 bits per heavy atom. The van der Waals surface area contributed by atoms with Gasteiger partial charge in [-0.25, -0.2) is 0 Å². The Morgan fingerprint density at radius 1 is 1.28 bits per heavy atom. The quantitative estimate of drug-likeness (QED) is 0.807. The van der Waals surface area contributed by atoms with Crippen LogP contribution in [-0.2, 0) is 9.53 Å². The summed E-state index contributed by atoms with van der Waals surface area (Å²) in [7, 11) is 0. The van der Waals surface area contributed by atoms with E-state index in [1.807, 2.05) is 6.92 Å². The van der Waals surface area contributed by atoms with Crippen LogP contribution in [0.4, 0.5) is 0 Å². The van der Waals surface area contributed by atoms with Crippen molar-refractivity contribution in [1.29, 1.82) is 0 Å². The molecule has 4 rings (SSSR count). The molecule has 0 aliphatic heterocycles. The second kappa shape index (κ2) is 5.70. The molecule has 0 saturated heterocycles. The zero-order valence-electron chi connectivity index (χ0n) is 16.1. The van der Waals surface area contributed by atoms with Crippen LogP contribution in [-0.4, -0.2) is 23.6 Å². The molecule has 2 saturated carbocycles. The summed E-state index contributed by atoms with van der Waals surface area (Å²) in [5.74, 6) is 2.64. The van der Waals surface area contributed by atoms with Crippen molar-refractivity contribution in [2.75, 3.05) is 6.61 Å². The van der Waals surface area contributed by atoms with Crippen molar-refractivity contribution in [3.8, 4) is 0 Å². The number of hydrogen-bond donors (Lipinski definition) is 1. The summed E-state index contributed by atoms with van der Waals surface area (Å²) in [6, 6.07) is 0. The van der Waals surface area contributed by atoms with Gasteiger partial charge in [-0.15, -0.1) is 0 Å². The number of aliphatic hydroxyl groups excluding tert-OH is 1. The first kappa shape index (κ1) is 17.3. The fourth-order valence-corrected chi connectivity index (χ4v) is 6.95. The largest absolute Gasteiger partial charge is 0.498 e. The Morgan fingerprint density at radius 3 is 2.76 bits per heavy atom. The zero-order valence-corrected chi connectivity index (χ0v) is 16.1. The number of carbonyl (C=O) groups excluding carboxylic acids is 1. The smallest absolute Gasteiger partial charge is 0.139 e. The summed E-state index contributed by atoms with van der Waals surface area (Å²) < 4.78 is 5.81. The lowest BCUT2D eigenvalue weighted by Crippen LogP contribution is -2.56. The third-order valence-corrected chi connectivity index (χ3v) is 8.04. The topological polar surface area (TPSA) is 46.5 Å². The molecular weight excluding hydrogens is 312 g/mol. The molecule has 4 aliphatic rings. The van der Waals surface area contributed by atoms with E-state index in [0.717, 1.165) is 31.4 Å². The van der Waals surface area contributed by atoms with E-state index in [1.54, 1.807) is 0 Å². The number of fused-ring (bicyclic) bond motifs is 5. The van der Waals surface area contributed by atoms with Crippen LogP contribution < -0.4 is 0 Å². The van der Waals surface area contributed by atoms with Crippen LogP contribution in [0.3, 0.4) is 0 Å². The van der Waals surface area contributed by atoms with Crippen molar-refractivity contribution >= 4 is 5.78 Å². The van der Waals surface area contributed by atoms with Crippen LogP contribution in [0.2, 0.25) is 0 Å². The van der Waals surface area contributed by atoms with E-state index in [-0.39, 0.29) is 22.9 Å². The molecule has 3 heteroatoms. The number of ketones is 1. The van der Waals surface area contributed by atoms with Crippen LogP contribution in [0.1, 0.15) is 66.2 Å². The van der Waals surface area contributed by atoms with Crippen LogP contribution >= 0.6 is 0 Å². The molecule has 0 radical (unpaired) electrons. The average molecular weight is 344 g/mol.